The van der Waals surface area contributed by atoms with Crippen LogP contribution >= 0.6 is 11.3 Å². The quantitative estimate of drug-likeness (QED) is 0.867. The van der Waals surface area contributed by atoms with Gasteiger partial charge in [-0.05, 0) is 43.5 Å². The van der Waals surface area contributed by atoms with Crippen molar-refractivity contribution in [3.05, 3.63) is 51.2 Å². The Morgan fingerprint density at radius 2 is 1.75 bits per heavy atom. The van der Waals surface area contributed by atoms with Gasteiger partial charge in [-0.15, -0.1) is 11.3 Å². The van der Waals surface area contributed by atoms with Crippen molar-refractivity contribution in [2.24, 2.45) is 0 Å². The monoisotopic (exact) mass is 288 g/mol. The summed E-state index contributed by atoms with van der Waals surface area (Å²) in [6.07, 6.45) is 1.04. The molecule has 0 saturated heterocycles. The first-order chi connectivity index (χ1) is 9.60. The molecule has 0 spiro atoms. The molecule has 3 nitrogen and oxygen atoms in total. The standard InChI is InChI=1S/C16H20N2OS/c1-4-13-8-9-14(20-13)10-17-16(19)18-15-11(2)6-5-7-12(15)3/h5-9H,4,10H2,1-3H3,(H2,17,18,19). The van der Waals surface area contributed by atoms with Gasteiger partial charge in [0.1, 0.15) is 0 Å². The average Bonchev–Trinajstić information content (AvgIpc) is 2.89. The van der Waals surface area contributed by atoms with Gasteiger partial charge in [-0.1, -0.05) is 25.1 Å². The second-order valence-electron chi connectivity index (χ2n) is 4.80. The molecule has 0 aliphatic heterocycles. The molecule has 0 bridgehead atoms. The summed E-state index contributed by atoms with van der Waals surface area (Å²) in [6, 6.07) is 10.0. The van der Waals surface area contributed by atoms with Gasteiger partial charge in [0.25, 0.3) is 0 Å². The van der Waals surface area contributed by atoms with Crippen molar-refractivity contribution in [3.8, 4) is 0 Å². The first kappa shape index (κ1) is 14.6. The molecule has 0 unspecified atom stereocenters. The third-order valence-electron chi connectivity index (χ3n) is 3.21. The molecule has 20 heavy (non-hydrogen) atoms. The molecule has 0 aliphatic carbocycles. The van der Waals surface area contributed by atoms with E-state index in [9.17, 15) is 4.79 Å². The van der Waals surface area contributed by atoms with Crippen molar-refractivity contribution in [2.45, 2.75) is 33.7 Å². The predicted molar refractivity (Wildman–Crippen MR) is 85.5 cm³/mol. The van der Waals surface area contributed by atoms with E-state index in [1.807, 2.05) is 32.0 Å². The lowest BCUT2D eigenvalue weighted by Gasteiger charge is -2.12. The maximum Gasteiger partial charge on any atom is 0.319 e. The molecule has 2 amide bonds. The first-order valence-corrected chi connectivity index (χ1v) is 7.60. The fourth-order valence-corrected chi connectivity index (χ4v) is 2.94. The van der Waals surface area contributed by atoms with E-state index in [2.05, 4.69) is 29.7 Å². The van der Waals surface area contributed by atoms with Crippen LogP contribution in [0, 0.1) is 13.8 Å². The van der Waals surface area contributed by atoms with Crippen LogP contribution in [0.4, 0.5) is 10.5 Å². The number of amides is 2. The summed E-state index contributed by atoms with van der Waals surface area (Å²) in [5.74, 6) is 0. The highest BCUT2D eigenvalue weighted by atomic mass is 32.1. The highest BCUT2D eigenvalue weighted by molar-refractivity contribution is 7.11. The van der Waals surface area contributed by atoms with Gasteiger partial charge in [0, 0.05) is 15.4 Å². The summed E-state index contributed by atoms with van der Waals surface area (Å²) in [5, 5.41) is 5.82. The van der Waals surface area contributed by atoms with Crippen LogP contribution in [0.3, 0.4) is 0 Å². The van der Waals surface area contributed by atoms with Crippen LogP contribution in [-0.4, -0.2) is 6.03 Å². The number of nitrogens with one attached hydrogen (secondary N) is 2. The van der Waals surface area contributed by atoms with Crippen molar-refractivity contribution in [1.29, 1.82) is 0 Å². The molecule has 106 valence electrons. The lowest BCUT2D eigenvalue weighted by atomic mass is 10.1. The molecule has 0 atom stereocenters. The van der Waals surface area contributed by atoms with Gasteiger partial charge in [0.05, 0.1) is 6.54 Å². The van der Waals surface area contributed by atoms with Gasteiger partial charge in [-0.2, -0.15) is 0 Å². The molecule has 1 aromatic carbocycles. The Kier molecular flexibility index (Phi) is 4.79. The van der Waals surface area contributed by atoms with Gasteiger partial charge in [-0.3, -0.25) is 0 Å². The molecule has 1 heterocycles. The van der Waals surface area contributed by atoms with Crippen molar-refractivity contribution < 1.29 is 4.79 Å². The van der Waals surface area contributed by atoms with E-state index < -0.39 is 0 Å². The Hall–Kier alpha value is -1.81. The van der Waals surface area contributed by atoms with Crippen LogP contribution in [0.15, 0.2) is 30.3 Å². The first-order valence-electron chi connectivity index (χ1n) is 6.78. The number of carbonyl (C=O) groups is 1. The van der Waals surface area contributed by atoms with Crippen LogP contribution in [0.25, 0.3) is 0 Å². The molecule has 1 aromatic heterocycles. The molecule has 2 rings (SSSR count). The number of carbonyl (C=O) groups excluding carboxylic acids is 1. The Bertz CT molecular complexity index is 584. The van der Waals surface area contributed by atoms with Crippen molar-refractivity contribution in [1.82, 2.24) is 5.32 Å². The summed E-state index contributed by atoms with van der Waals surface area (Å²) in [6.45, 7) is 6.70. The second-order valence-corrected chi connectivity index (χ2v) is 6.05. The van der Waals surface area contributed by atoms with Gasteiger partial charge in [0.2, 0.25) is 0 Å². The third-order valence-corrected chi connectivity index (χ3v) is 4.44. The normalized spacial score (nSPS) is 10.3. The summed E-state index contributed by atoms with van der Waals surface area (Å²) in [4.78, 5) is 14.5. The Morgan fingerprint density at radius 1 is 1.10 bits per heavy atom. The molecule has 0 aliphatic rings. The number of para-hydroxylation sites is 1. The zero-order valence-electron chi connectivity index (χ0n) is 12.1. The van der Waals surface area contributed by atoms with Crippen LogP contribution in [0.5, 0.6) is 0 Å². The summed E-state index contributed by atoms with van der Waals surface area (Å²) >= 11 is 1.74. The molecule has 0 radical (unpaired) electrons. The maximum absolute atomic E-state index is 11.9. The molecule has 0 saturated carbocycles. The minimum Gasteiger partial charge on any atom is -0.333 e. The molecule has 4 heteroatoms. The number of hydrogen-bond donors (Lipinski definition) is 2. The van der Waals surface area contributed by atoms with Crippen molar-refractivity contribution in [3.63, 3.8) is 0 Å². The number of hydrogen-bond acceptors (Lipinski definition) is 2. The van der Waals surface area contributed by atoms with E-state index in [0.717, 1.165) is 23.2 Å². The second kappa shape index (κ2) is 6.57. The topological polar surface area (TPSA) is 41.1 Å². The third kappa shape index (κ3) is 3.61. The van der Waals surface area contributed by atoms with Gasteiger partial charge < -0.3 is 10.6 Å². The largest absolute Gasteiger partial charge is 0.333 e. The van der Waals surface area contributed by atoms with Gasteiger partial charge in [0.15, 0.2) is 0 Å². The smallest absolute Gasteiger partial charge is 0.319 e. The Morgan fingerprint density at radius 3 is 2.35 bits per heavy atom. The molecule has 0 fully saturated rings. The SMILES string of the molecule is CCc1ccc(CNC(=O)Nc2c(C)cccc2C)s1. The number of thiophene rings is 1. The highest BCUT2D eigenvalue weighted by Crippen LogP contribution is 2.19. The highest BCUT2D eigenvalue weighted by Gasteiger charge is 2.07. The van der Waals surface area contributed by atoms with E-state index in [1.165, 1.54) is 9.75 Å². The fourth-order valence-electron chi connectivity index (χ4n) is 2.04. The van der Waals surface area contributed by atoms with E-state index in [-0.39, 0.29) is 6.03 Å². The van der Waals surface area contributed by atoms with E-state index in [0.29, 0.717) is 6.54 Å². The molecule has 2 aromatic rings. The molecular formula is C16H20N2OS. The van der Waals surface area contributed by atoms with Gasteiger partial charge >= 0.3 is 6.03 Å². The summed E-state index contributed by atoms with van der Waals surface area (Å²) in [7, 11) is 0. The zero-order valence-corrected chi connectivity index (χ0v) is 12.9. The zero-order chi connectivity index (χ0) is 14.5. The van der Waals surface area contributed by atoms with E-state index in [4.69, 9.17) is 0 Å². The lowest BCUT2D eigenvalue weighted by Crippen LogP contribution is -2.28. The maximum atomic E-state index is 11.9. The lowest BCUT2D eigenvalue weighted by molar-refractivity contribution is 0.252. The van der Waals surface area contributed by atoms with Crippen LogP contribution < -0.4 is 10.6 Å². The van der Waals surface area contributed by atoms with Crippen molar-refractivity contribution >= 4 is 23.1 Å². The van der Waals surface area contributed by atoms with Crippen LogP contribution in [0.2, 0.25) is 0 Å². The Balaban J connectivity index is 1.92. The number of benzene rings is 1. The predicted octanol–water partition coefficient (Wildman–Crippen LogP) is 4.25. The van der Waals surface area contributed by atoms with E-state index >= 15 is 0 Å². The van der Waals surface area contributed by atoms with Crippen LogP contribution in [-0.2, 0) is 13.0 Å². The van der Waals surface area contributed by atoms with Gasteiger partial charge in [-0.25, -0.2) is 4.79 Å². The number of rotatable bonds is 4. The minimum absolute atomic E-state index is 0.158. The van der Waals surface area contributed by atoms with Crippen LogP contribution in [0.1, 0.15) is 27.8 Å². The molecular weight excluding hydrogens is 268 g/mol. The summed E-state index contributed by atoms with van der Waals surface area (Å²) < 4.78 is 0. The number of urea groups is 1. The van der Waals surface area contributed by atoms with E-state index in [1.54, 1.807) is 11.3 Å². The minimum atomic E-state index is -0.158. The fraction of sp³-hybridized carbons (Fsp3) is 0.312. The van der Waals surface area contributed by atoms with Crippen molar-refractivity contribution in [2.75, 3.05) is 5.32 Å². The number of aryl methyl sites for hydroxylation is 3. The summed E-state index contributed by atoms with van der Waals surface area (Å²) in [5.41, 5.74) is 3.04. The molecule has 2 N–H and O–H groups in total. The Labute approximate surface area is 124 Å². The number of anilines is 1. The average molecular weight is 288 g/mol.